The fourth-order valence-corrected chi connectivity index (χ4v) is 2.51. The summed E-state index contributed by atoms with van der Waals surface area (Å²) in [5, 5.41) is 7.68. The van der Waals surface area contributed by atoms with Crippen LogP contribution in [0.15, 0.2) is 24.3 Å². The number of amidine groups is 1. The maximum Gasteiger partial charge on any atom is 0.230 e. The maximum atomic E-state index is 13.4. The SMILES string of the molecule is Cc1ccc(F)cc1Oc1nc2c(cc1C(=N)N)CCC2. The molecule has 0 spiro atoms. The molecule has 0 aliphatic heterocycles. The van der Waals surface area contributed by atoms with E-state index < -0.39 is 0 Å². The Morgan fingerprint density at radius 1 is 1.33 bits per heavy atom. The van der Waals surface area contributed by atoms with Crippen molar-refractivity contribution in [1.82, 2.24) is 4.98 Å². The fourth-order valence-electron chi connectivity index (χ4n) is 2.51. The van der Waals surface area contributed by atoms with Crippen molar-refractivity contribution in [2.45, 2.75) is 26.2 Å². The minimum absolute atomic E-state index is 0.0961. The molecule has 1 aromatic heterocycles. The quantitative estimate of drug-likeness (QED) is 0.672. The van der Waals surface area contributed by atoms with E-state index in [0.717, 1.165) is 36.1 Å². The normalized spacial score (nSPS) is 13.0. The van der Waals surface area contributed by atoms with Gasteiger partial charge in [-0.2, -0.15) is 0 Å². The van der Waals surface area contributed by atoms with E-state index in [4.69, 9.17) is 15.9 Å². The molecule has 0 atom stereocenters. The molecule has 5 heteroatoms. The average Bonchev–Trinajstić information content (AvgIpc) is 2.89. The number of rotatable bonds is 3. The minimum atomic E-state index is -0.374. The summed E-state index contributed by atoms with van der Waals surface area (Å²) in [6.45, 7) is 1.83. The number of nitrogens with two attached hydrogens (primary N) is 1. The Kier molecular flexibility index (Phi) is 3.33. The van der Waals surface area contributed by atoms with E-state index in [2.05, 4.69) is 4.98 Å². The van der Waals surface area contributed by atoms with Gasteiger partial charge in [0.25, 0.3) is 0 Å². The van der Waals surface area contributed by atoms with Gasteiger partial charge in [0.15, 0.2) is 0 Å². The number of aromatic nitrogens is 1. The predicted molar refractivity (Wildman–Crippen MR) is 78.5 cm³/mol. The molecule has 1 aromatic carbocycles. The average molecular weight is 285 g/mol. The van der Waals surface area contributed by atoms with Crippen LogP contribution in [-0.4, -0.2) is 10.8 Å². The van der Waals surface area contributed by atoms with E-state index in [1.54, 1.807) is 6.07 Å². The summed E-state index contributed by atoms with van der Waals surface area (Å²) in [5.74, 6) is 0.196. The molecule has 3 rings (SSSR count). The van der Waals surface area contributed by atoms with E-state index >= 15 is 0 Å². The number of ether oxygens (including phenoxy) is 1. The van der Waals surface area contributed by atoms with Crippen LogP contribution in [0.3, 0.4) is 0 Å². The summed E-state index contributed by atoms with van der Waals surface area (Å²) in [4.78, 5) is 4.48. The third kappa shape index (κ3) is 2.59. The summed E-state index contributed by atoms with van der Waals surface area (Å²) in [7, 11) is 0. The van der Waals surface area contributed by atoms with Crippen LogP contribution in [-0.2, 0) is 12.8 Å². The Labute approximate surface area is 122 Å². The first-order valence-corrected chi connectivity index (χ1v) is 6.86. The number of nitrogens with zero attached hydrogens (tertiary/aromatic N) is 1. The smallest absolute Gasteiger partial charge is 0.230 e. The van der Waals surface area contributed by atoms with Crippen LogP contribution in [0.25, 0.3) is 0 Å². The van der Waals surface area contributed by atoms with Gasteiger partial charge in [-0.25, -0.2) is 9.37 Å². The first-order valence-electron chi connectivity index (χ1n) is 6.86. The lowest BCUT2D eigenvalue weighted by Gasteiger charge is -2.13. The first kappa shape index (κ1) is 13.5. The molecule has 4 nitrogen and oxygen atoms in total. The molecule has 108 valence electrons. The van der Waals surface area contributed by atoms with Crippen LogP contribution in [0.2, 0.25) is 0 Å². The predicted octanol–water partition coefficient (Wildman–Crippen LogP) is 3.09. The topological polar surface area (TPSA) is 72.0 Å². The monoisotopic (exact) mass is 285 g/mol. The highest BCUT2D eigenvalue weighted by atomic mass is 19.1. The van der Waals surface area contributed by atoms with Gasteiger partial charge in [-0.1, -0.05) is 6.07 Å². The molecule has 0 saturated carbocycles. The zero-order valence-corrected chi connectivity index (χ0v) is 11.7. The Hall–Kier alpha value is -2.43. The zero-order chi connectivity index (χ0) is 15.0. The van der Waals surface area contributed by atoms with Crippen LogP contribution in [0.1, 0.15) is 28.8 Å². The van der Waals surface area contributed by atoms with Gasteiger partial charge in [-0.05, 0) is 49.4 Å². The van der Waals surface area contributed by atoms with E-state index in [0.29, 0.717) is 11.3 Å². The third-order valence-electron chi connectivity index (χ3n) is 3.66. The summed E-state index contributed by atoms with van der Waals surface area (Å²) in [5.41, 5.74) is 8.97. The van der Waals surface area contributed by atoms with Gasteiger partial charge in [0, 0.05) is 11.8 Å². The number of benzene rings is 1. The van der Waals surface area contributed by atoms with Gasteiger partial charge >= 0.3 is 0 Å². The highest BCUT2D eigenvalue weighted by Crippen LogP contribution is 2.31. The third-order valence-corrected chi connectivity index (χ3v) is 3.66. The zero-order valence-electron chi connectivity index (χ0n) is 11.7. The van der Waals surface area contributed by atoms with Crippen LogP contribution in [0.4, 0.5) is 4.39 Å². The van der Waals surface area contributed by atoms with Crippen molar-refractivity contribution in [2.75, 3.05) is 0 Å². The number of nitrogen functional groups attached to an aromatic ring is 1. The molecule has 0 fully saturated rings. The Morgan fingerprint density at radius 2 is 2.14 bits per heavy atom. The van der Waals surface area contributed by atoms with Gasteiger partial charge in [-0.15, -0.1) is 0 Å². The van der Waals surface area contributed by atoms with Crippen LogP contribution in [0, 0.1) is 18.2 Å². The number of pyridine rings is 1. The van der Waals surface area contributed by atoms with Gasteiger partial charge in [-0.3, -0.25) is 5.41 Å². The van der Waals surface area contributed by atoms with E-state index in [1.807, 2.05) is 13.0 Å². The largest absolute Gasteiger partial charge is 0.438 e. The molecule has 2 aromatic rings. The van der Waals surface area contributed by atoms with Gasteiger partial charge in [0.1, 0.15) is 17.4 Å². The summed E-state index contributed by atoms with van der Waals surface area (Å²) in [6.07, 6.45) is 2.88. The number of fused-ring (bicyclic) bond motifs is 1. The molecule has 0 radical (unpaired) electrons. The molecule has 1 heterocycles. The van der Waals surface area contributed by atoms with Gasteiger partial charge < -0.3 is 10.5 Å². The maximum absolute atomic E-state index is 13.4. The number of halogens is 1. The molecule has 1 aliphatic carbocycles. The summed E-state index contributed by atoms with van der Waals surface area (Å²) in [6, 6.07) is 6.20. The highest BCUT2D eigenvalue weighted by molar-refractivity contribution is 5.97. The van der Waals surface area contributed by atoms with Gasteiger partial charge in [0.2, 0.25) is 5.88 Å². The second-order valence-electron chi connectivity index (χ2n) is 5.23. The summed E-state index contributed by atoms with van der Waals surface area (Å²) >= 11 is 0. The molecule has 1 aliphatic rings. The number of nitrogens with one attached hydrogen (secondary N) is 1. The van der Waals surface area contributed by atoms with Crippen molar-refractivity contribution >= 4 is 5.84 Å². The van der Waals surface area contributed by atoms with Crippen molar-refractivity contribution in [3.05, 3.63) is 52.5 Å². The molecule has 0 unspecified atom stereocenters. The van der Waals surface area contributed by atoms with Gasteiger partial charge in [0.05, 0.1) is 5.56 Å². The molecule has 3 N–H and O–H groups in total. The lowest BCUT2D eigenvalue weighted by Crippen LogP contribution is -2.14. The van der Waals surface area contributed by atoms with Crippen molar-refractivity contribution in [1.29, 1.82) is 5.41 Å². The molecular formula is C16H16FN3O. The second-order valence-corrected chi connectivity index (χ2v) is 5.23. The lowest BCUT2D eigenvalue weighted by atomic mass is 10.1. The van der Waals surface area contributed by atoms with Crippen molar-refractivity contribution in [3.8, 4) is 11.6 Å². The van der Waals surface area contributed by atoms with E-state index in [-0.39, 0.29) is 17.5 Å². The summed E-state index contributed by atoms with van der Waals surface area (Å²) < 4.78 is 19.1. The van der Waals surface area contributed by atoms with E-state index in [9.17, 15) is 4.39 Å². The lowest BCUT2D eigenvalue weighted by molar-refractivity contribution is 0.451. The highest BCUT2D eigenvalue weighted by Gasteiger charge is 2.19. The number of hydrogen-bond donors (Lipinski definition) is 2. The number of hydrogen-bond acceptors (Lipinski definition) is 3. The Balaban J connectivity index is 2.05. The molecule has 0 amide bonds. The standard InChI is InChI=1S/C16H16FN3O/c1-9-5-6-11(17)8-14(9)21-16-12(15(18)19)7-10-3-2-4-13(10)20-16/h5-8H,2-4H2,1H3,(H3,18,19). The molecular weight excluding hydrogens is 269 g/mol. The Morgan fingerprint density at radius 3 is 2.90 bits per heavy atom. The molecule has 21 heavy (non-hydrogen) atoms. The van der Waals surface area contributed by atoms with Crippen molar-refractivity contribution in [3.63, 3.8) is 0 Å². The molecule has 0 bridgehead atoms. The molecule has 0 saturated heterocycles. The van der Waals surface area contributed by atoms with Crippen LogP contribution in [0.5, 0.6) is 11.6 Å². The second kappa shape index (κ2) is 5.16. The Bertz CT molecular complexity index is 728. The fraction of sp³-hybridized carbons (Fsp3) is 0.250. The minimum Gasteiger partial charge on any atom is -0.438 e. The van der Waals surface area contributed by atoms with Crippen molar-refractivity contribution in [2.24, 2.45) is 5.73 Å². The van der Waals surface area contributed by atoms with E-state index in [1.165, 1.54) is 12.1 Å². The van der Waals surface area contributed by atoms with Crippen molar-refractivity contribution < 1.29 is 9.13 Å². The first-order chi connectivity index (χ1) is 10.0. The van der Waals surface area contributed by atoms with Crippen LogP contribution < -0.4 is 10.5 Å². The van der Waals surface area contributed by atoms with Crippen LogP contribution >= 0.6 is 0 Å². The number of aryl methyl sites for hydroxylation is 3.